The molecule has 0 aliphatic heterocycles. The molecule has 6 nitrogen and oxygen atoms in total. The van der Waals surface area contributed by atoms with Gasteiger partial charge in [0.25, 0.3) is 5.69 Å². The van der Waals surface area contributed by atoms with Crippen molar-refractivity contribution in [2.45, 2.75) is 26.4 Å². The first-order valence-corrected chi connectivity index (χ1v) is 5.96. The topological polar surface area (TPSA) is 81.2 Å². The number of benzene rings is 1. The lowest BCUT2D eigenvalue weighted by molar-refractivity contribution is -0.385. The van der Waals surface area contributed by atoms with Crippen molar-refractivity contribution < 1.29 is 9.34 Å². The summed E-state index contributed by atoms with van der Waals surface area (Å²) >= 11 is 0. The molecular weight excluding hydrogens is 246 g/mol. The van der Waals surface area contributed by atoms with Crippen LogP contribution in [-0.4, -0.2) is 9.91 Å². The van der Waals surface area contributed by atoms with Gasteiger partial charge in [0.1, 0.15) is 5.76 Å². The van der Waals surface area contributed by atoms with E-state index in [-0.39, 0.29) is 16.7 Å². The number of hydrogen-bond acceptors (Lipinski definition) is 5. The minimum Gasteiger partial charge on any atom is -0.444 e. The van der Waals surface area contributed by atoms with Crippen LogP contribution in [0.4, 0.5) is 5.69 Å². The second-order valence-corrected chi connectivity index (χ2v) is 4.30. The monoisotopic (exact) mass is 261 g/mol. The smallest absolute Gasteiger partial charge is 0.273 e. The van der Waals surface area contributed by atoms with Gasteiger partial charge in [-0.2, -0.15) is 0 Å². The molecule has 0 amide bonds. The summed E-state index contributed by atoms with van der Waals surface area (Å²) in [5.41, 5.74) is 0.758. The number of para-hydroxylation sites is 1. The van der Waals surface area contributed by atoms with Crippen molar-refractivity contribution in [3.63, 3.8) is 0 Å². The highest BCUT2D eigenvalue weighted by Crippen LogP contribution is 2.19. The number of nitro groups is 1. The molecule has 1 aromatic carbocycles. The van der Waals surface area contributed by atoms with Crippen LogP contribution in [-0.2, 0) is 6.54 Å². The summed E-state index contributed by atoms with van der Waals surface area (Å²) in [5, 5.41) is 14.0. The van der Waals surface area contributed by atoms with Gasteiger partial charge in [-0.1, -0.05) is 18.2 Å². The maximum absolute atomic E-state index is 10.9. The Morgan fingerprint density at radius 3 is 2.84 bits per heavy atom. The fourth-order valence-electron chi connectivity index (χ4n) is 1.76. The summed E-state index contributed by atoms with van der Waals surface area (Å²) in [6.45, 7) is 4.12. The third-order valence-electron chi connectivity index (χ3n) is 2.80. The molecule has 0 radical (unpaired) electrons. The van der Waals surface area contributed by atoms with Gasteiger partial charge in [0.15, 0.2) is 0 Å². The predicted molar refractivity (Wildman–Crippen MR) is 69.6 cm³/mol. The minimum absolute atomic E-state index is 0.103. The maximum Gasteiger partial charge on any atom is 0.273 e. The molecule has 6 heteroatoms. The molecule has 2 rings (SSSR count). The van der Waals surface area contributed by atoms with E-state index in [1.807, 2.05) is 13.8 Å². The van der Waals surface area contributed by atoms with E-state index in [1.165, 1.54) is 6.07 Å². The van der Waals surface area contributed by atoms with Gasteiger partial charge in [-0.3, -0.25) is 10.1 Å². The van der Waals surface area contributed by atoms with Crippen LogP contribution in [0.2, 0.25) is 0 Å². The molecule has 1 unspecified atom stereocenters. The lowest BCUT2D eigenvalue weighted by Crippen LogP contribution is -2.19. The van der Waals surface area contributed by atoms with Crippen LogP contribution < -0.4 is 5.32 Å². The molecule has 100 valence electrons. The molecule has 0 bridgehead atoms. The van der Waals surface area contributed by atoms with Gasteiger partial charge in [-0.15, -0.1) is 0 Å². The van der Waals surface area contributed by atoms with Crippen molar-refractivity contribution in [2.75, 3.05) is 0 Å². The maximum atomic E-state index is 10.9. The SMILES string of the molecule is Cc1cnc(C(C)NCc2ccccc2[N+](=O)[O-])o1. The zero-order valence-electron chi connectivity index (χ0n) is 10.8. The largest absolute Gasteiger partial charge is 0.444 e. The first-order chi connectivity index (χ1) is 9.08. The highest BCUT2D eigenvalue weighted by Gasteiger charge is 2.15. The molecule has 0 saturated heterocycles. The average Bonchev–Trinajstić information content (AvgIpc) is 2.83. The highest BCUT2D eigenvalue weighted by molar-refractivity contribution is 5.39. The van der Waals surface area contributed by atoms with Crippen molar-refractivity contribution in [1.82, 2.24) is 10.3 Å². The Morgan fingerprint density at radius 1 is 1.47 bits per heavy atom. The number of nitrogens with one attached hydrogen (secondary N) is 1. The number of hydrogen-bond donors (Lipinski definition) is 1. The molecule has 0 spiro atoms. The van der Waals surface area contributed by atoms with Crippen molar-refractivity contribution in [3.05, 3.63) is 57.8 Å². The molecule has 1 N–H and O–H groups in total. The van der Waals surface area contributed by atoms with Crippen LogP contribution in [0, 0.1) is 17.0 Å². The second-order valence-electron chi connectivity index (χ2n) is 4.30. The van der Waals surface area contributed by atoms with Gasteiger partial charge in [-0.05, 0) is 13.8 Å². The molecule has 2 aromatic rings. The molecule has 0 saturated carbocycles. The van der Waals surface area contributed by atoms with Crippen LogP contribution in [0.5, 0.6) is 0 Å². The Balaban J connectivity index is 2.05. The Hall–Kier alpha value is -2.21. The van der Waals surface area contributed by atoms with Crippen LogP contribution in [0.25, 0.3) is 0 Å². The Labute approximate surface area is 110 Å². The third-order valence-corrected chi connectivity index (χ3v) is 2.80. The van der Waals surface area contributed by atoms with Crippen LogP contribution >= 0.6 is 0 Å². The van der Waals surface area contributed by atoms with Crippen LogP contribution in [0.3, 0.4) is 0 Å². The molecule has 0 aliphatic rings. The summed E-state index contributed by atoms with van der Waals surface area (Å²) < 4.78 is 5.40. The van der Waals surface area contributed by atoms with Gasteiger partial charge in [-0.25, -0.2) is 4.98 Å². The number of aromatic nitrogens is 1. The fraction of sp³-hybridized carbons (Fsp3) is 0.308. The van der Waals surface area contributed by atoms with E-state index in [4.69, 9.17) is 4.42 Å². The van der Waals surface area contributed by atoms with Gasteiger partial charge in [0.05, 0.1) is 17.2 Å². The summed E-state index contributed by atoms with van der Waals surface area (Å²) in [5.74, 6) is 1.32. The quantitative estimate of drug-likeness (QED) is 0.661. The molecular formula is C13H15N3O3. The summed E-state index contributed by atoms with van der Waals surface area (Å²) in [6.07, 6.45) is 1.65. The highest BCUT2D eigenvalue weighted by atomic mass is 16.6. The Morgan fingerprint density at radius 2 is 2.21 bits per heavy atom. The van der Waals surface area contributed by atoms with E-state index >= 15 is 0 Å². The van der Waals surface area contributed by atoms with E-state index in [2.05, 4.69) is 10.3 Å². The minimum atomic E-state index is -0.378. The second kappa shape index (κ2) is 5.62. The summed E-state index contributed by atoms with van der Waals surface area (Å²) in [4.78, 5) is 14.6. The van der Waals surface area contributed by atoms with Crippen molar-refractivity contribution in [3.8, 4) is 0 Å². The zero-order valence-corrected chi connectivity index (χ0v) is 10.8. The zero-order chi connectivity index (χ0) is 13.8. The number of nitro benzene ring substituents is 1. The fourth-order valence-corrected chi connectivity index (χ4v) is 1.76. The number of rotatable bonds is 5. The normalized spacial score (nSPS) is 12.3. The number of aryl methyl sites for hydroxylation is 1. The molecule has 0 aliphatic carbocycles. The van der Waals surface area contributed by atoms with Crippen LogP contribution in [0.1, 0.15) is 30.2 Å². The van der Waals surface area contributed by atoms with E-state index in [0.29, 0.717) is 18.0 Å². The molecule has 1 atom stereocenters. The van der Waals surface area contributed by atoms with Crippen molar-refractivity contribution >= 4 is 5.69 Å². The van der Waals surface area contributed by atoms with Crippen molar-refractivity contribution in [1.29, 1.82) is 0 Å². The number of oxazole rings is 1. The number of nitrogens with zero attached hydrogens (tertiary/aromatic N) is 2. The molecule has 1 heterocycles. The predicted octanol–water partition coefficient (Wildman–Crippen LogP) is 2.74. The summed E-state index contributed by atoms with van der Waals surface area (Å²) in [6, 6.07) is 6.57. The van der Waals surface area contributed by atoms with Crippen LogP contribution in [0.15, 0.2) is 34.9 Å². The van der Waals surface area contributed by atoms with Crippen molar-refractivity contribution in [2.24, 2.45) is 0 Å². The Bertz CT molecular complexity index is 580. The third kappa shape index (κ3) is 3.17. The van der Waals surface area contributed by atoms with E-state index in [0.717, 1.165) is 5.76 Å². The lowest BCUT2D eigenvalue weighted by atomic mass is 10.1. The van der Waals surface area contributed by atoms with E-state index in [9.17, 15) is 10.1 Å². The summed E-state index contributed by atoms with van der Waals surface area (Å²) in [7, 11) is 0. The molecule has 1 aromatic heterocycles. The van der Waals surface area contributed by atoms with Gasteiger partial charge < -0.3 is 9.73 Å². The first kappa shape index (κ1) is 13.2. The lowest BCUT2D eigenvalue weighted by Gasteiger charge is -2.10. The van der Waals surface area contributed by atoms with E-state index in [1.54, 1.807) is 24.4 Å². The molecule has 0 fully saturated rings. The first-order valence-electron chi connectivity index (χ1n) is 5.96. The average molecular weight is 261 g/mol. The standard InChI is InChI=1S/C13H15N3O3/c1-9-7-15-13(19-9)10(2)14-8-11-5-3-4-6-12(11)16(17)18/h3-7,10,14H,8H2,1-2H3. The molecule has 19 heavy (non-hydrogen) atoms. The van der Waals surface area contributed by atoms with Gasteiger partial charge in [0, 0.05) is 18.2 Å². The van der Waals surface area contributed by atoms with E-state index < -0.39 is 0 Å². The van der Waals surface area contributed by atoms with Gasteiger partial charge >= 0.3 is 0 Å². The Kier molecular flexibility index (Phi) is 3.91. The van der Waals surface area contributed by atoms with Gasteiger partial charge in [0.2, 0.25) is 5.89 Å².